The highest BCUT2D eigenvalue weighted by Gasteiger charge is 2.20. The predicted octanol–water partition coefficient (Wildman–Crippen LogP) is 0.775. The second-order valence-electron chi connectivity index (χ2n) is 3.79. The minimum atomic E-state index is -0.991. The summed E-state index contributed by atoms with van der Waals surface area (Å²) in [5.74, 6) is -0.991. The molecule has 1 rings (SSSR count). The zero-order chi connectivity index (χ0) is 11.4. The molecular weight excluding hydrogens is 196 g/mol. The Hall–Kier alpha value is -1.52. The highest BCUT2D eigenvalue weighted by molar-refractivity contribution is 5.80. The van der Waals surface area contributed by atoms with Gasteiger partial charge in [-0.15, -0.1) is 0 Å². The van der Waals surface area contributed by atoms with Gasteiger partial charge in [0.2, 0.25) is 0 Å². The Morgan fingerprint density at radius 3 is 2.80 bits per heavy atom. The van der Waals surface area contributed by atoms with E-state index in [1.54, 1.807) is 4.90 Å². The first-order valence-electron chi connectivity index (χ1n) is 4.88. The van der Waals surface area contributed by atoms with Crippen molar-refractivity contribution in [3.63, 3.8) is 0 Å². The lowest BCUT2D eigenvalue weighted by Gasteiger charge is -2.29. The topological polar surface area (TPSA) is 60.9 Å². The molecule has 0 saturated heterocycles. The number of rotatable bonds is 2. The van der Waals surface area contributed by atoms with Gasteiger partial charge in [-0.3, -0.25) is 4.79 Å². The number of nitrogens with zero attached hydrogens (tertiary/aromatic N) is 2. The van der Waals surface area contributed by atoms with Crippen molar-refractivity contribution in [2.24, 2.45) is 0 Å². The van der Waals surface area contributed by atoms with Gasteiger partial charge in [0.15, 0.2) is 0 Å². The predicted molar refractivity (Wildman–Crippen MR) is 55.6 cm³/mol. The molecular formula is C10H16N2O3. The molecule has 84 valence electrons. The molecule has 0 saturated carbocycles. The molecule has 0 fully saturated rings. The van der Waals surface area contributed by atoms with Crippen LogP contribution in [0.3, 0.4) is 0 Å². The zero-order valence-corrected chi connectivity index (χ0v) is 9.06. The molecule has 0 unspecified atom stereocenters. The van der Waals surface area contributed by atoms with Crippen LogP contribution in [0.15, 0.2) is 11.6 Å². The molecule has 2 amide bonds. The number of hydrogen-bond acceptors (Lipinski definition) is 2. The molecule has 0 aromatic heterocycles. The van der Waals surface area contributed by atoms with E-state index in [-0.39, 0.29) is 12.6 Å². The van der Waals surface area contributed by atoms with Crippen molar-refractivity contribution in [3.8, 4) is 0 Å². The van der Waals surface area contributed by atoms with Gasteiger partial charge >= 0.3 is 12.0 Å². The van der Waals surface area contributed by atoms with Gasteiger partial charge in [0.05, 0.1) is 0 Å². The number of carboxylic acid groups (broad SMARTS) is 1. The second-order valence-corrected chi connectivity index (χ2v) is 3.79. The van der Waals surface area contributed by atoms with Crippen LogP contribution in [0.2, 0.25) is 0 Å². The van der Waals surface area contributed by atoms with Crippen LogP contribution in [0, 0.1) is 0 Å². The molecule has 1 aliphatic rings. The zero-order valence-electron chi connectivity index (χ0n) is 9.06. The van der Waals surface area contributed by atoms with Gasteiger partial charge in [0.25, 0.3) is 0 Å². The number of carbonyl (C=O) groups is 2. The maximum atomic E-state index is 11.7. The molecule has 1 aliphatic heterocycles. The lowest BCUT2D eigenvalue weighted by Crippen LogP contribution is -2.45. The van der Waals surface area contributed by atoms with Crippen molar-refractivity contribution in [2.75, 3.05) is 26.7 Å². The Balaban J connectivity index is 2.53. The summed E-state index contributed by atoms with van der Waals surface area (Å²) >= 11 is 0. The molecule has 5 heteroatoms. The summed E-state index contributed by atoms with van der Waals surface area (Å²) in [5.41, 5.74) is 1.15. The average Bonchev–Trinajstić information content (AvgIpc) is 2.15. The molecule has 1 heterocycles. The van der Waals surface area contributed by atoms with Crippen LogP contribution in [0.25, 0.3) is 0 Å². The van der Waals surface area contributed by atoms with E-state index in [0.29, 0.717) is 13.1 Å². The fourth-order valence-electron chi connectivity index (χ4n) is 1.59. The fraction of sp³-hybridized carbons (Fsp3) is 0.600. The molecule has 0 atom stereocenters. The number of urea groups is 1. The average molecular weight is 212 g/mol. The summed E-state index contributed by atoms with van der Waals surface area (Å²) in [4.78, 5) is 25.1. The van der Waals surface area contributed by atoms with Gasteiger partial charge in [-0.2, -0.15) is 0 Å². The quantitative estimate of drug-likeness (QED) is 0.688. The van der Waals surface area contributed by atoms with Crippen LogP contribution in [-0.2, 0) is 4.79 Å². The number of carbonyl (C=O) groups excluding carboxylic acids is 1. The molecule has 15 heavy (non-hydrogen) atoms. The van der Waals surface area contributed by atoms with E-state index in [1.807, 2.05) is 6.92 Å². The molecule has 1 N–H and O–H groups in total. The smallest absolute Gasteiger partial charge is 0.323 e. The third-order valence-electron chi connectivity index (χ3n) is 2.30. The summed E-state index contributed by atoms with van der Waals surface area (Å²) < 4.78 is 0. The van der Waals surface area contributed by atoms with Crippen LogP contribution in [0.4, 0.5) is 4.79 Å². The van der Waals surface area contributed by atoms with Crippen molar-refractivity contribution < 1.29 is 14.7 Å². The van der Waals surface area contributed by atoms with Crippen LogP contribution < -0.4 is 0 Å². The number of carboxylic acids is 1. The monoisotopic (exact) mass is 212 g/mol. The van der Waals surface area contributed by atoms with E-state index in [9.17, 15) is 9.59 Å². The third-order valence-corrected chi connectivity index (χ3v) is 2.30. The molecule has 0 radical (unpaired) electrons. The summed E-state index contributed by atoms with van der Waals surface area (Å²) in [6.07, 6.45) is 2.94. The van der Waals surface area contributed by atoms with Gasteiger partial charge in [0.1, 0.15) is 6.54 Å². The van der Waals surface area contributed by atoms with Crippen LogP contribution in [0.5, 0.6) is 0 Å². The first kappa shape index (κ1) is 11.6. The van der Waals surface area contributed by atoms with Gasteiger partial charge in [-0.05, 0) is 13.3 Å². The maximum Gasteiger partial charge on any atom is 0.323 e. The Morgan fingerprint density at radius 2 is 2.27 bits per heavy atom. The lowest BCUT2D eigenvalue weighted by atomic mass is 10.1. The standard InChI is InChI=1S/C10H16N2O3/c1-8-4-3-5-12(6-8)10(15)11(2)7-9(13)14/h4H,3,5-7H2,1-2H3,(H,13,14). The minimum absolute atomic E-state index is 0.218. The molecule has 0 aromatic carbocycles. The van der Waals surface area contributed by atoms with E-state index >= 15 is 0 Å². The second kappa shape index (κ2) is 4.82. The van der Waals surface area contributed by atoms with E-state index in [0.717, 1.165) is 12.0 Å². The summed E-state index contributed by atoms with van der Waals surface area (Å²) in [7, 11) is 1.50. The van der Waals surface area contributed by atoms with Gasteiger partial charge in [-0.1, -0.05) is 11.6 Å². The van der Waals surface area contributed by atoms with Crippen LogP contribution in [-0.4, -0.2) is 53.6 Å². The van der Waals surface area contributed by atoms with E-state index < -0.39 is 5.97 Å². The van der Waals surface area contributed by atoms with Crippen molar-refractivity contribution in [1.29, 1.82) is 0 Å². The van der Waals surface area contributed by atoms with Gasteiger partial charge < -0.3 is 14.9 Å². The Bertz CT molecular complexity index is 299. The molecule has 5 nitrogen and oxygen atoms in total. The van der Waals surface area contributed by atoms with E-state index in [1.165, 1.54) is 11.9 Å². The van der Waals surface area contributed by atoms with Gasteiger partial charge in [0, 0.05) is 20.1 Å². The molecule has 0 aliphatic carbocycles. The highest BCUT2D eigenvalue weighted by Crippen LogP contribution is 2.10. The molecule has 0 bridgehead atoms. The number of aliphatic carboxylic acids is 1. The number of likely N-dealkylation sites (N-methyl/N-ethyl adjacent to an activating group) is 1. The summed E-state index contributed by atoms with van der Waals surface area (Å²) in [6.45, 7) is 2.98. The maximum absolute atomic E-state index is 11.7. The first-order valence-corrected chi connectivity index (χ1v) is 4.88. The highest BCUT2D eigenvalue weighted by atomic mass is 16.4. The van der Waals surface area contributed by atoms with Crippen molar-refractivity contribution >= 4 is 12.0 Å². The van der Waals surface area contributed by atoms with Crippen molar-refractivity contribution in [3.05, 3.63) is 11.6 Å². The number of amides is 2. The normalized spacial score (nSPS) is 15.9. The molecule has 0 spiro atoms. The lowest BCUT2D eigenvalue weighted by molar-refractivity contribution is -0.137. The summed E-state index contributed by atoms with van der Waals surface area (Å²) in [6, 6.07) is -0.218. The van der Waals surface area contributed by atoms with Crippen LogP contribution in [0.1, 0.15) is 13.3 Å². The van der Waals surface area contributed by atoms with Gasteiger partial charge in [-0.25, -0.2) is 4.79 Å². The Labute approximate surface area is 89.0 Å². The summed E-state index contributed by atoms with van der Waals surface area (Å²) in [5, 5.41) is 8.56. The number of hydrogen-bond donors (Lipinski definition) is 1. The molecule has 0 aromatic rings. The SMILES string of the molecule is CC1=CCCN(C(=O)N(C)CC(=O)O)C1. The Morgan fingerprint density at radius 1 is 1.60 bits per heavy atom. The first-order chi connectivity index (χ1) is 7.00. The third kappa shape index (κ3) is 3.27. The van der Waals surface area contributed by atoms with Crippen molar-refractivity contribution in [2.45, 2.75) is 13.3 Å². The largest absolute Gasteiger partial charge is 0.480 e. The Kier molecular flexibility index (Phi) is 3.71. The van der Waals surface area contributed by atoms with Crippen molar-refractivity contribution in [1.82, 2.24) is 9.80 Å². The van der Waals surface area contributed by atoms with E-state index in [4.69, 9.17) is 5.11 Å². The van der Waals surface area contributed by atoms with Crippen LogP contribution >= 0.6 is 0 Å². The fourth-order valence-corrected chi connectivity index (χ4v) is 1.59. The minimum Gasteiger partial charge on any atom is -0.480 e. The van der Waals surface area contributed by atoms with E-state index in [2.05, 4.69) is 6.08 Å².